The molecule has 0 atom stereocenters. The topological polar surface area (TPSA) is 64.5 Å². The second kappa shape index (κ2) is 6.15. The van der Waals surface area contributed by atoms with Crippen molar-refractivity contribution >= 4 is 0 Å². The Bertz CT molecular complexity index is 536. The maximum absolute atomic E-state index is 8.97. The van der Waals surface area contributed by atoms with Crippen LogP contribution in [0.2, 0.25) is 0 Å². The van der Waals surface area contributed by atoms with Gasteiger partial charge in [-0.05, 0) is 18.1 Å². The molecule has 2 rings (SSSR count). The summed E-state index contributed by atoms with van der Waals surface area (Å²) in [6, 6.07) is 9.35. The van der Waals surface area contributed by atoms with E-state index >= 15 is 0 Å². The molecule has 0 fully saturated rings. The lowest BCUT2D eigenvalue weighted by Gasteiger charge is -2.07. The summed E-state index contributed by atoms with van der Waals surface area (Å²) >= 11 is 0. The molecular weight excluding hydrogens is 244 g/mol. The van der Waals surface area contributed by atoms with E-state index in [0.29, 0.717) is 24.0 Å². The highest BCUT2D eigenvalue weighted by molar-refractivity contribution is 5.57. The third-order valence-electron chi connectivity index (χ3n) is 2.68. The molecule has 2 aromatic rings. The minimum Gasteiger partial charge on any atom is -0.481 e. The van der Waals surface area contributed by atoms with E-state index in [9.17, 15) is 0 Å². The average Bonchev–Trinajstić information content (AvgIpc) is 2.47. The van der Waals surface area contributed by atoms with Gasteiger partial charge in [-0.2, -0.15) is 9.97 Å². The standard InChI is InChI=1S/C14H16N2O3/c1-18-12-9-13(19-2)16-14(15-12)11-5-3-4-10(8-11)6-7-17/h3-5,8-9,17H,6-7H2,1-2H3. The van der Waals surface area contributed by atoms with Gasteiger partial charge in [0.2, 0.25) is 11.8 Å². The van der Waals surface area contributed by atoms with Crippen molar-refractivity contribution in [1.82, 2.24) is 9.97 Å². The Hall–Kier alpha value is -2.14. The molecule has 0 aliphatic carbocycles. The summed E-state index contributed by atoms with van der Waals surface area (Å²) < 4.78 is 10.3. The second-order valence-electron chi connectivity index (χ2n) is 3.95. The van der Waals surface area contributed by atoms with Gasteiger partial charge < -0.3 is 14.6 Å². The van der Waals surface area contributed by atoms with Crippen LogP contribution in [0.3, 0.4) is 0 Å². The van der Waals surface area contributed by atoms with Gasteiger partial charge in [-0.1, -0.05) is 18.2 Å². The van der Waals surface area contributed by atoms with Crippen LogP contribution < -0.4 is 9.47 Å². The highest BCUT2D eigenvalue weighted by atomic mass is 16.5. The molecule has 5 heteroatoms. The van der Waals surface area contributed by atoms with E-state index in [1.165, 1.54) is 0 Å². The Morgan fingerprint density at radius 3 is 2.32 bits per heavy atom. The Labute approximate surface area is 111 Å². The first-order chi connectivity index (χ1) is 9.26. The van der Waals surface area contributed by atoms with Gasteiger partial charge in [-0.3, -0.25) is 0 Å². The number of rotatable bonds is 5. The summed E-state index contributed by atoms with van der Waals surface area (Å²) in [4.78, 5) is 8.59. The van der Waals surface area contributed by atoms with Crippen LogP contribution in [0, 0.1) is 0 Å². The van der Waals surface area contributed by atoms with Gasteiger partial charge in [0, 0.05) is 12.2 Å². The zero-order chi connectivity index (χ0) is 13.7. The summed E-state index contributed by atoms with van der Waals surface area (Å²) in [6.07, 6.45) is 0.606. The molecule has 19 heavy (non-hydrogen) atoms. The van der Waals surface area contributed by atoms with Crippen LogP contribution in [-0.2, 0) is 6.42 Å². The van der Waals surface area contributed by atoms with E-state index in [4.69, 9.17) is 14.6 Å². The van der Waals surface area contributed by atoms with Crippen molar-refractivity contribution in [3.63, 3.8) is 0 Å². The van der Waals surface area contributed by atoms with Crippen LogP contribution >= 0.6 is 0 Å². The van der Waals surface area contributed by atoms with Gasteiger partial charge >= 0.3 is 0 Å². The minimum atomic E-state index is 0.117. The molecule has 0 saturated heterocycles. The molecule has 0 aliphatic rings. The Morgan fingerprint density at radius 2 is 1.74 bits per heavy atom. The van der Waals surface area contributed by atoms with E-state index in [1.54, 1.807) is 20.3 Å². The first-order valence-corrected chi connectivity index (χ1v) is 5.94. The van der Waals surface area contributed by atoms with Crippen molar-refractivity contribution < 1.29 is 14.6 Å². The van der Waals surface area contributed by atoms with E-state index < -0.39 is 0 Å². The quantitative estimate of drug-likeness (QED) is 0.886. The molecule has 0 amide bonds. The first kappa shape index (κ1) is 13.3. The monoisotopic (exact) mass is 260 g/mol. The average molecular weight is 260 g/mol. The van der Waals surface area contributed by atoms with Gasteiger partial charge in [0.25, 0.3) is 0 Å². The number of ether oxygens (including phenoxy) is 2. The predicted molar refractivity (Wildman–Crippen MR) is 71.4 cm³/mol. The molecule has 1 aromatic heterocycles. The molecule has 100 valence electrons. The van der Waals surface area contributed by atoms with E-state index in [2.05, 4.69) is 9.97 Å². The van der Waals surface area contributed by atoms with Crippen LogP contribution in [0.1, 0.15) is 5.56 Å². The van der Waals surface area contributed by atoms with Gasteiger partial charge in [-0.25, -0.2) is 0 Å². The molecule has 0 spiro atoms. The van der Waals surface area contributed by atoms with Crippen LogP contribution in [-0.4, -0.2) is 35.9 Å². The molecule has 0 unspecified atom stereocenters. The van der Waals surface area contributed by atoms with Crippen molar-refractivity contribution in [3.8, 4) is 23.1 Å². The number of aromatic nitrogens is 2. The third kappa shape index (κ3) is 3.20. The fourth-order valence-corrected chi connectivity index (χ4v) is 1.74. The molecule has 1 N–H and O–H groups in total. The number of aliphatic hydroxyl groups excluding tert-OH is 1. The molecule has 0 saturated carbocycles. The smallest absolute Gasteiger partial charge is 0.220 e. The van der Waals surface area contributed by atoms with Crippen LogP contribution in [0.4, 0.5) is 0 Å². The number of hydrogen-bond donors (Lipinski definition) is 1. The summed E-state index contributed by atoms with van der Waals surface area (Å²) in [5.74, 6) is 1.44. The van der Waals surface area contributed by atoms with Gasteiger partial charge in [0.05, 0.1) is 20.3 Å². The third-order valence-corrected chi connectivity index (χ3v) is 2.68. The zero-order valence-electron chi connectivity index (χ0n) is 11.0. The number of aliphatic hydroxyl groups is 1. The second-order valence-corrected chi connectivity index (χ2v) is 3.95. The van der Waals surface area contributed by atoms with E-state index in [-0.39, 0.29) is 6.61 Å². The maximum Gasteiger partial charge on any atom is 0.220 e. The molecule has 0 radical (unpaired) electrons. The maximum atomic E-state index is 8.97. The molecule has 0 bridgehead atoms. The highest BCUT2D eigenvalue weighted by Crippen LogP contribution is 2.23. The van der Waals surface area contributed by atoms with Crippen LogP contribution in [0.15, 0.2) is 30.3 Å². The van der Waals surface area contributed by atoms with Gasteiger partial charge in [-0.15, -0.1) is 0 Å². The van der Waals surface area contributed by atoms with Crippen LogP contribution in [0.5, 0.6) is 11.8 Å². The fraction of sp³-hybridized carbons (Fsp3) is 0.286. The SMILES string of the molecule is COc1cc(OC)nc(-c2cccc(CCO)c2)n1. The zero-order valence-corrected chi connectivity index (χ0v) is 11.0. The lowest BCUT2D eigenvalue weighted by Crippen LogP contribution is -1.98. The van der Waals surface area contributed by atoms with Gasteiger partial charge in [0.15, 0.2) is 5.82 Å². The Balaban J connectivity index is 2.42. The summed E-state index contributed by atoms with van der Waals surface area (Å²) in [5, 5.41) is 8.97. The highest BCUT2D eigenvalue weighted by Gasteiger charge is 2.08. The van der Waals surface area contributed by atoms with Crippen molar-refractivity contribution in [3.05, 3.63) is 35.9 Å². The lowest BCUT2D eigenvalue weighted by molar-refractivity contribution is 0.299. The molecule has 1 heterocycles. The molecule has 5 nitrogen and oxygen atoms in total. The van der Waals surface area contributed by atoms with Crippen molar-refractivity contribution in [2.24, 2.45) is 0 Å². The van der Waals surface area contributed by atoms with Crippen molar-refractivity contribution in [2.45, 2.75) is 6.42 Å². The number of hydrogen-bond acceptors (Lipinski definition) is 5. The normalized spacial score (nSPS) is 10.3. The lowest BCUT2D eigenvalue weighted by atomic mass is 10.1. The fourth-order valence-electron chi connectivity index (χ4n) is 1.74. The summed E-state index contributed by atoms with van der Waals surface area (Å²) in [6.45, 7) is 0.117. The number of methoxy groups -OCH3 is 2. The number of nitrogens with zero attached hydrogens (tertiary/aromatic N) is 2. The van der Waals surface area contributed by atoms with Crippen molar-refractivity contribution in [2.75, 3.05) is 20.8 Å². The first-order valence-electron chi connectivity index (χ1n) is 5.94. The summed E-state index contributed by atoms with van der Waals surface area (Å²) in [5.41, 5.74) is 1.90. The van der Waals surface area contributed by atoms with E-state index in [0.717, 1.165) is 11.1 Å². The van der Waals surface area contributed by atoms with E-state index in [1.807, 2.05) is 24.3 Å². The van der Waals surface area contributed by atoms with Gasteiger partial charge in [0.1, 0.15) is 0 Å². The van der Waals surface area contributed by atoms with Crippen molar-refractivity contribution in [1.29, 1.82) is 0 Å². The molecular formula is C14H16N2O3. The van der Waals surface area contributed by atoms with Crippen LogP contribution in [0.25, 0.3) is 11.4 Å². The Morgan fingerprint density at radius 1 is 1.05 bits per heavy atom. The minimum absolute atomic E-state index is 0.117. The molecule has 1 aromatic carbocycles. The Kier molecular flexibility index (Phi) is 4.30. The largest absolute Gasteiger partial charge is 0.481 e. The number of benzene rings is 1. The predicted octanol–water partition coefficient (Wildman–Crippen LogP) is 1.70. The summed E-state index contributed by atoms with van der Waals surface area (Å²) in [7, 11) is 3.10. The molecule has 0 aliphatic heterocycles.